The molecule has 2 aliphatic rings. The summed E-state index contributed by atoms with van der Waals surface area (Å²) in [5.41, 5.74) is 6.32. The molecule has 12 nitrogen and oxygen atoms in total. The summed E-state index contributed by atoms with van der Waals surface area (Å²) >= 11 is 0. The number of imidazole rings is 1. The van der Waals surface area contributed by atoms with Crippen molar-refractivity contribution in [3.63, 3.8) is 0 Å². The van der Waals surface area contributed by atoms with Crippen molar-refractivity contribution >= 4 is 23.8 Å². The molecule has 1 atom stereocenters. The summed E-state index contributed by atoms with van der Waals surface area (Å²) in [5.74, 6) is 0.0243. The Balaban J connectivity index is 1.04. The van der Waals surface area contributed by atoms with Gasteiger partial charge in [0.15, 0.2) is 5.82 Å². The van der Waals surface area contributed by atoms with Crippen LogP contribution in [-0.4, -0.2) is 60.9 Å². The van der Waals surface area contributed by atoms with Crippen molar-refractivity contribution in [2.24, 2.45) is 0 Å². The van der Waals surface area contributed by atoms with Gasteiger partial charge in [0.25, 0.3) is 6.01 Å². The highest BCUT2D eigenvalue weighted by Gasteiger charge is 2.42. The zero-order valence-corrected chi connectivity index (χ0v) is 36.0. The second-order valence-corrected chi connectivity index (χ2v) is 16.1. The molecule has 0 N–H and O–H groups in total. The average Bonchev–Trinajstić information content (AvgIpc) is 3.96. The second-order valence-electron chi connectivity index (χ2n) is 16.1. The van der Waals surface area contributed by atoms with E-state index in [0.717, 1.165) is 71.0 Å². The number of benzene rings is 5. The van der Waals surface area contributed by atoms with Gasteiger partial charge in [0.1, 0.15) is 11.6 Å². The molecule has 0 amide bonds. The van der Waals surface area contributed by atoms with Crippen molar-refractivity contribution in [1.29, 1.82) is 0 Å². The van der Waals surface area contributed by atoms with Crippen LogP contribution in [0, 0.1) is 0 Å². The number of aromatic nitrogens is 6. The predicted octanol–water partition coefficient (Wildman–Crippen LogP) is 8.59. The van der Waals surface area contributed by atoms with Crippen LogP contribution in [0.15, 0.2) is 140 Å². The Kier molecular flexibility index (Phi) is 12.4. The third-order valence-electron chi connectivity index (χ3n) is 12.0. The Labute approximate surface area is 371 Å². The van der Waals surface area contributed by atoms with E-state index in [2.05, 4.69) is 78.0 Å². The monoisotopic (exact) mass is 854 g/mol. The van der Waals surface area contributed by atoms with E-state index in [-0.39, 0.29) is 6.10 Å². The van der Waals surface area contributed by atoms with Crippen LogP contribution in [0.4, 0.5) is 4.79 Å². The molecular formula is C52H50N6O6. The molecule has 0 aliphatic heterocycles. The zero-order valence-electron chi connectivity index (χ0n) is 36.0. The fraction of sp³-hybridized carbons (Fsp3) is 0.269. The minimum absolute atomic E-state index is 0.172. The Morgan fingerprint density at radius 3 is 1.98 bits per heavy atom. The molecule has 0 spiro atoms. The van der Waals surface area contributed by atoms with Gasteiger partial charge in [0.05, 0.1) is 29.4 Å². The Hall–Kier alpha value is -7.34. The quantitative estimate of drug-likeness (QED) is 0.0595. The number of hydrogen-bond donors (Lipinski definition) is 0. The number of nitrogens with zero attached hydrogens (tertiary/aromatic N) is 6. The van der Waals surface area contributed by atoms with Crippen molar-refractivity contribution < 1.29 is 28.5 Å². The summed E-state index contributed by atoms with van der Waals surface area (Å²) in [6, 6.07) is 47.9. The highest BCUT2D eigenvalue weighted by Crippen LogP contribution is 2.43. The predicted molar refractivity (Wildman–Crippen MR) is 242 cm³/mol. The maximum absolute atomic E-state index is 13.8. The molecule has 5 aromatic carbocycles. The molecule has 324 valence electrons. The van der Waals surface area contributed by atoms with Crippen LogP contribution in [0.25, 0.3) is 34.2 Å². The largest absolute Gasteiger partial charge is 0.511 e. The van der Waals surface area contributed by atoms with E-state index in [9.17, 15) is 9.59 Å². The molecule has 2 heterocycles. The van der Waals surface area contributed by atoms with E-state index in [0.29, 0.717) is 54.1 Å². The first kappa shape index (κ1) is 42.0. The fourth-order valence-electron chi connectivity index (χ4n) is 9.08. The number of carbonyl (C=O) groups excluding carboxylic acids is 2. The van der Waals surface area contributed by atoms with Gasteiger partial charge in [0.2, 0.25) is 6.29 Å². The summed E-state index contributed by atoms with van der Waals surface area (Å²) in [6.07, 6.45) is 5.67. The lowest BCUT2D eigenvalue weighted by Gasteiger charge is -2.36. The van der Waals surface area contributed by atoms with Gasteiger partial charge in [-0.15, -0.1) is 5.10 Å². The first-order valence-electron chi connectivity index (χ1n) is 22.1. The molecule has 64 heavy (non-hydrogen) atoms. The number of rotatable bonds is 14. The second kappa shape index (κ2) is 19.0. The average molecular weight is 855 g/mol. The van der Waals surface area contributed by atoms with Crippen LogP contribution in [0.2, 0.25) is 0 Å². The number of ether oxygens (including phenoxy) is 4. The van der Waals surface area contributed by atoms with E-state index in [1.165, 1.54) is 6.92 Å². The van der Waals surface area contributed by atoms with Gasteiger partial charge in [-0.1, -0.05) is 152 Å². The van der Waals surface area contributed by atoms with Crippen LogP contribution in [0.3, 0.4) is 0 Å². The van der Waals surface area contributed by atoms with Gasteiger partial charge in [-0.2, -0.15) is 4.98 Å². The van der Waals surface area contributed by atoms with Crippen LogP contribution in [-0.2, 0) is 31.1 Å². The Morgan fingerprint density at radius 1 is 0.750 bits per heavy atom. The number of carbonyl (C=O) groups is 2. The summed E-state index contributed by atoms with van der Waals surface area (Å²) in [5, 5.41) is 15.1. The van der Waals surface area contributed by atoms with Gasteiger partial charge >= 0.3 is 12.1 Å². The molecule has 1 unspecified atom stereocenters. The molecule has 9 rings (SSSR count). The van der Waals surface area contributed by atoms with E-state index < -0.39 is 24.0 Å². The SMILES string of the molecule is CCOc1nc2c(n1Cc1ccc(-c3ccccc3-c3nnnn3C(c3ccccc3)(c3ccccc3)c3ccccc3)cc1)=C(C(=O)OC(C)OC(=O)OC1CCCCC1)CCC=2. The maximum Gasteiger partial charge on any atom is 0.511 e. The minimum atomic E-state index is -1.14. The molecule has 0 saturated heterocycles. The third-order valence-corrected chi connectivity index (χ3v) is 12.0. The van der Waals surface area contributed by atoms with Gasteiger partial charge in [0, 0.05) is 12.5 Å². The summed E-state index contributed by atoms with van der Waals surface area (Å²) in [4.78, 5) is 31.1. The number of tetrazole rings is 1. The lowest BCUT2D eigenvalue weighted by atomic mass is 9.77. The van der Waals surface area contributed by atoms with E-state index in [1.54, 1.807) is 0 Å². The zero-order chi connectivity index (χ0) is 43.9. The molecule has 1 fully saturated rings. The topological polar surface area (TPSA) is 132 Å². The maximum atomic E-state index is 13.8. The number of hydrogen-bond acceptors (Lipinski definition) is 10. The van der Waals surface area contributed by atoms with E-state index in [1.807, 2.05) is 89.0 Å². The van der Waals surface area contributed by atoms with Crippen molar-refractivity contribution in [1.82, 2.24) is 29.8 Å². The van der Waals surface area contributed by atoms with Crippen LogP contribution >= 0.6 is 0 Å². The van der Waals surface area contributed by atoms with Crippen LogP contribution in [0.5, 0.6) is 6.01 Å². The van der Waals surface area contributed by atoms with Crippen molar-refractivity contribution in [3.05, 3.63) is 172 Å². The lowest BCUT2D eigenvalue weighted by molar-refractivity contribution is -0.162. The van der Waals surface area contributed by atoms with Gasteiger partial charge < -0.3 is 18.9 Å². The Morgan fingerprint density at radius 2 is 1.36 bits per heavy atom. The van der Waals surface area contributed by atoms with Crippen molar-refractivity contribution in [2.45, 2.75) is 83.3 Å². The molecule has 7 aromatic rings. The summed E-state index contributed by atoms with van der Waals surface area (Å²) < 4.78 is 26.4. The number of fused-ring (bicyclic) bond motifs is 1. The normalized spacial score (nSPS) is 14.5. The van der Waals surface area contributed by atoms with E-state index >= 15 is 0 Å². The Bertz CT molecular complexity index is 2740. The standard InChI is InChI=1S/C52H50N6O6/c1-3-61-50-53-46-30-18-29-45(49(59)62-36(2)63-51(60)64-42-25-14-7-15-26-42)47(46)57(50)35-37-31-33-38(34-32-37)43-27-16-17-28-44(43)48-54-55-56-58(48)52(39-19-8-4-9-20-39,40-21-10-5-11-22-40)41-23-12-6-13-24-41/h4-6,8-13,16-17,19-24,27-28,30-34,36,42H,3,7,14-15,18,25-26,29,35H2,1-2H3. The van der Waals surface area contributed by atoms with Crippen LogP contribution in [0.1, 0.15) is 81.0 Å². The summed E-state index contributed by atoms with van der Waals surface area (Å²) in [7, 11) is 0. The highest BCUT2D eigenvalue weighted by atomic mass is 16.8. The lowest BCUT2D eigenvalue weighted by Crippen LogP contribution is -2.39. The first-order chi connectivity index (χ1) is 31.4. The molecule has 0 radical (unpaired) electrons. The molecule has 0 bridgehead atoms. The van der Waals surface area contributed by atoms with Crippen molar-refractivity contribution in [2.75, 3.05) is 6.61 Å². The molecule has 1 saturated carbocycles. The summed E-state index contributed by atoms with van der Waals surface area (Å²) in [6.45, 7) is 4.18. The fourth-order valence-corrected chi connectivity index (χ4v) is 9.08. The highest BCUT2D eigenvalue weighted by molar-refractivity contribution is 6.10. The van der Waals surface area contributed by atoms with Crippen molar-refractivity contribution in [3.8, 4) is 28.5 Å². The molecular weight excluding hydrogens is 805 g/mol. The van der Waals surface area contributed by atoms with Crippen LogP contribution < -0.4 is 15.4 Å². The molecule has 2 aromatic heterocycles. The van der Waals surface area contributed by atoms with E-state index in [4.69, 9.17) is 34.2 Å². The van der Waals surface area contributed by atoms with Gasteiger partial charge in [-0.3, -0.25) is 4.57 Å². The van der Waals surface area contributed by atoms with Gasteiger partial charge in [-0.05, 0) is 89.3 Å². The minimum Gasteiger partial charge on any atom is -0.465 e. The smallest absolute Gasteiger partial charge is 0.465 e. The molecule has 2 aliphatic carbocycles. The number of esters is 1. The molecule has 12 heteroatoms. The first-order valence-corrected chi connectivity index (χ1v) is 22.1. The van der Waals surface area contributed by atoms with Gasteiger partial charge in [-0.25, -0.2) is 14.3 Å². The third kappa shape index (κ3) is 8.43.